The molecular formula is C19H15ClFNO2. The number of pyridine rings is 1. The Morgan fingerprint density at radius 3 is 2.58 bits per heavy atom. The number of hydrogen-bond acceptors (Lipinski definition) is 2. The Morgan fingerprint density at radius 2 is 1.83 bits per heavy atom. The van der Waals surface area contributed by atoms with E-state index in [2.05, 4.69) is 0 Å². The van der Waals surface area contributed by atoms with Gasteiger partial charge in [-0.05, 0) is 30.3 Å². The summed E-state index contributed by atoms with van der Waals surface area (Å²) in [7, 11) is 0. The number of hydrogen-bond donors (Lipinski definition) is 0. The zero-order chi connectivity index (χ0) is 16.9. The van der Waals surface area contributed by atoms with Crippen LogP contribution in [0, 0.1) is 5.82 Å². The van der Waals surface area contributed by atoms with Gasteiger partial charge in [0.2, 0.25) is 0 Å². The number of rotatable bonds is 5. The molecule has 3 aromatic rings. The molecule has 0 saturated heterocycles. The molecule has 5 heteroatoms. The Hall–Kier alpha value is -2.59. The molecule has 0 atom stereocenters. The Balaban J connectivity index is 1.77. The van der Waals surface area contributed by atoms with Gasteiger partial charge in [-0.3, -0.25) is 4.79 Å². The van der Waals surface area contributed by atoms with Crippen molar-refractivity contribution >= 4 is 11.6 Å². The van der Waals surface area contributed by atoms with E-state index in [4.69, 9.17) is 16.3 Å². The van der Waals surface area contributed by atoms with Crippen LogP contribution in [0.15, 0.2) is 71.7 Å². The van der Waals surface area contributed by atoms with Crippen LogP contribution in [0.2, 0.25) is 5.02 Å². The lowest BCUT2D eigenvalue weighted by Crippen LogP contribution is -2.20. The maximum absolute atomic E-state index is 13.9. The Labute approximate surface area is 143 Å². The van der Waals surface area contributed by atoms with Crippen molar-refractivity contribution in [1.82, 2.24) is 4.57 Å². The molecule has 0 unspecified atom stereocenters. The van der Waals surface area contributed by atoms with Gasteiger partial charge in [-0.2, -0.15) is 0 Å². The van der Waals surface area contributed by atoms with Crippen molar-refractivity contribution < 1.29 is 9.13 Å². The molecule has 0 fully saturated rings. The molecular weight excluding hydrogens is 329 g/mol. The molecule has 1 aromatic heterocycles. The van der Waals surface area contributed by atoms with Crippen molar-refractivity contribution in [3.63, 3.8) is 0 Å². The average molecular weight is 344 g/mol. The van der Waals surface area contributed by atoms with Gasteiger partial charge in [0.15, 0.2) is 0 Å². The minimum absolute atomic E-state index is 0.140. The predicted molar refractivity (Wildman–Crippen MR) is 92.0 cm³/mol. The van der Waals surface area contributed by atoms with Crippen LogP contribution in [0.25, 0.3) is 0 Å². The van der Waals surface area contributed by atoms with E-state index in [9.17, 15) is 9.18 Å². The number of aromatic nitrogens is 1. The second-order valence-corrected chi connectivity index (χ2v) is 5.78. The van der Waals surface area contributed by atoms with Gasteiger partial charge in [0.1, 0.15) is 18.2 Å². The quantitative estimate of drug-likeness (QED) is 0.693. The van der Waals surface area contributed by atoms with Gasteiger partial charge >= 0.3 is 0 Å². The first-order valence-corrected chi connectivity index (χ1v) is 7.81. The highest BCUT2D eigenvalue weighted by Crippen LogP contribution is 2.16. The molecule has 3 nitrogen and oxygen atoms in total. The van der Waals surface area contributed by atoms with Gasteiger partial charge in [-0.15, -0.1) is 0 Å². The van der Waals surface area contributed by atoms with Gasteiger partial charge in [-0.25, -0.2) is 4.39 Å². The third-order valence-corrected chi connectivity index (χ3v) is 3.78. The SMILES string of the molecule is O=c1ccc(COc2ccccc2)cn1Cc1ccc(Cl)cc1F. The summed E-state index contributed by atoms with van der Waals surface area (Å²) in [4.78, 5) is 12.0. The molecule has 0 aliphatic rings. The number of halogens is 2. The molecule has 0 spiro atoms. The molecule has 24 heavy (non-hydrogen) atoms. The van der Waals surface area contributed by atoms with Crippen molar-refractivity contribution in [2.75, 3.05) is 0 Å². The van der Waals surface area contributed by atoms with E-state index in [0.717, 1.165) is 11.3 Å². The second kappa shape index (κ2) is 7.32. The summed E-state index contributed by atoms with van der Waals surface area (Å²) < 4.78 is 21.0. The summed E-state index contributed by atoms with van der Waals surface area (Å²) >= 11 is 5.75. The third-order valence-electron chi connectivity index (χ3n) is 3.55. The van der Waals surface area contributed by atoms with E-state index in [-0.39, 0.29) is 12.1 Å². The number of ether oxygens (including phenoxy) is 1. The van der Waals surface area contributed by atoms with Crippen molar-refractivity contribution in [2.24, 2.45) is 0 Å². The summed E-state index contributed by atoms with van der Waals surface area (Å²) in [5.74, 6) is 0.319. The highest BCUT2D eigenvalue weighted by molar-refractivity contribution is 6.30. The maximum Gasteiger partial charge on any atom is 0.250 e. The number of para-hydroxylation sites is 1. The fourth-order valence-electron chi connectivity index (χ4n) is 2.31. The maximum atomic E-state index is 13.9. The van der Waals surface area contributed by atoms with E-state index < -0.39 is 5.82 Å². The largest absolute Gasteiger partial charge is 0.489 e. The minimum Gasteiger partial charge on any atom is -0.489 e. The van der Waals surface area contributed by atoms with Gasteiger partial charge in [0.25, 0.3) is 5.56 Å². The fraction of sp³-hybridized carbons (Fsp3) is 0.105. The van der Waals surface area contributed by atoms with Crippen molar-refractivity contribution in [1.29, 1.82) is 0 Å². The van der Waals surface area contributed by atoms with Crippen molar-refractivity contribution in [2.45, 2.75) is 13.2 Å². The summed E-state index contributed by atoms with van der Waals surface area (Å²) in [6.45, 7) is 0.467. The van der Waals surface area contributed by atoms with Crippen LogP contribution in [0.1, 0.15) is 11.1 Å². The van der Waals surface area contributed by atoms with E-state index in [1.54, 1.807) is 24.4 Å². The molecule has 0 saturated carbocycles. The molecule has 2 aromatic carbocycles. The van der Waals surface area contributed by atoms with Crippen molar-refractivity contribution in [3.8, 4) is 5.75 Å². The zero-order valence-corrected chi connectivity index (χ0v) is 13.5. The minimum atomic E-state index is -0.430. The molecule has 0 aliphatic carbocycles. The molecule has 122 valence electrons. The highest BCUT2D eigenvalue weighted by atomic mass is 35.5. The molecule has 0 aliphatic heterocycles. The lowest BCUT2D eigenvalue weighted by atomic mass is 10.2. The molecule has 0 radical (unpaired) electrons. The smallest absolute Gasteiger partial charge is 0.250 e. The molecule has 0 amide bonds. The van der Waals surface area contributed by atoms with Crippen LogP contribution in [-0.2, 0) is 13.2 Å². The van der Waals surface area contributed by atoms with Crippen molar-refractivity contribution in [3.05, 3.63) is 99.2 Å². The summed E-state index contributed by atoms with van der Waals surface area (Å²) in [6, 6.07) is 17.0. The van der Waals surface area contributed by atoms with Gasteiger partial charge in [0.05, 0.1) is 6.54 Å². The standard InChI is InChI=1S/C19H15ClFNO2/c20-16-8-7-15(18(21)10-16)12-22-11-14(6-9-19(22)23)13-24-17-4-2-1-3-5-17/h1-11H,12-13H2. The first kappa shape index (κ1) is 16.3. The van der Waals surface area contributed by atoms with Gasteiger partial charge in [-0.1, -0.05) is 35.9 Å². The van der Waals surface area contributed by atoms with Crippen LogP contribution in [0.3, 0.4) is 0 Å². The third kappa shape index (κ3) is 4.03. The van der Waals surface area contributed by atoms with E-state index >= 15 is 0 Å². The zero-order valence-electron chi connectivity index (χ0n) is 12.8. The normalized spacial score (nSPS) is 10.6. The molecule has 1 heterocycles. The second-order valence-electron chi connectivity index (χ2n) is 5.34. The van der Waals surface area contributed by atoms with Gasteiger partial charge in [0, 0.05) is 28.4 Å². The summed E-state index contributed by atoms with van der Waals surface area (Å²) in [5, 5.41) is 0.327. The molecule has 0 N–H and O–H groups in total. The van der Waals surface area contributed by atoms with E-state index in [1.165, 1.54) is 16.7 Å². The monoisotopic (exact) mass is 343 g/mol. The van der Waals surface area contributed by atoms with Crippen LogP contribution in [0.5, 0.6) is 5.75 Å². The Kier molecular flexibility index (Phi) is 4.96. The van der Waals surface area contributed by atoms with Crippen LogP contribution in [-0.4, -0.2) is 4.57 Å². The lowest BCUT2D eigenvalue weighted by molar-refractivity contribution is 0.305. The average Bonchev–Trinajstić information content (AvgIpc) is 2.59. The first-order valence-electron chi connectivity index (χ1n) is 7.43. The number of benzene rings is 2. The van der Waals surface area contributed by atoms with Crippen LogP contribution >= 0.6 is 11.6 Å². The topological polar surface area (TPSA) is 31.2 Å². The van der Waals surface area contributed by atoms with Crippen LogP contribution < -0.4 is 10.3 Å². The lowest BCUT2D eigenvalue weighted by Gasteiger charge is -2.10. The molecule has 0 bridgehead atoms. The predicted octanol–water partition coefficient (Wildman–Crippen LogP) is 4.27. The first-order chi connectivity index (χ1) is 11.6. The van der Waals surface area contributed by atoms with Gasteiger partial charge < -0.3 is 9.30 Å². The summed E-state index contributed by atoms with van der Waals surface area (Å²) in [5.41, 5.74) is 1.03. The molecule has 3 rings (SSSR count). The fourth-order valence-corrected chi connectivity index (χ4v) is 2.47. The van der Waals surface area contributed by atoms with E-state index in [0.29, 0.717) is 17.2 Å². The highest BCUT2D eigenvalue weighted by Gasteiger charge is 2.06. The van der Waals surface area contributed by atoms with E-state index in [1.807, 2.05) is 30.3 Å². The Bertz CT molecular complexity index is 893. The van der Waals surface area contributed by atoms with Crippen LogP contribution in [0.4, 0.5) is 4.39 Å². The number of nitrogens with zero attached hydrogens (tertiary/aromatic N) is 1. The Morgan fingerprint density at radius 1 is 1.04 bits per heavy atom. The summed E-state index contributed by atoms with van der Waals surface area (Å²) in [6.07, 6.45) is 1.68.